The third-order valence-electron chi connectivity index (χ3n) is 4.25. The number of aromatic nitrogens is 1. The van der Waals surface area contributed by atoms with Crippen LogP contribution in [0.5, 0.6) is 0 Å². The molecule has 1 aliphatic heterocycles. The van der Waals surface area contributed by atoms with Gasteiger partial charge in [-0.15, -0.1) is 11.3 Å². The number of carbonyl (C=O) groups is 1. The maximum atomic E-state index is 13.3. The molecule has 5 nitrogen and oxygen atoms in total. The van der Waals surface area contributed by atoms with Gasteiger partial charge in [0.05, 0.1) is 30.0 Å². The number of thiazole rings is 1. The Bertz CT molecular complexity index is 754. The van der Waals surface area contributed by atoms with Crippen molar-refractivity contribution < 1.29 is 13.9 Å². The van der Waals surface area contributed by atoms with Crippen molar-refractivity contribution in [3.05, 3.63) is 57.8 Å². The first-order valence-corrected chi connectivity index (χ1v) is 9.45. The summed E-state index contributed by atoms with van der Waals surface area (Å²) in [5.74, 6) is -0.434. The van der Waals surface area contributed by atoms with E-state index >= 15 is 0 Å². The van der Waals surface area contributed by atoms with Crippen LogP contribution in [0.15, 0.2) is 35.7 Å². The van der Waals surface area contributed by atoms with Gasteiger partial charge in [-0.2, -0.15) is 0 Å². The van der Waals surface area contributed by atoms with E-state index in [4.69, 9.17) is 4.74 Å². The number of hydrogen-bond donors (Lipinski definition) is 1. The summed E-state index contributed by atoms with van der Waals surface area (Å²) in [6.07, 6.45) is 3.20. The third-order valence-corrected chi connectivity index (χ3v) is 5.04. The summed E-state index contributed by atoms with van der Waals surface area (Å²) in [7, 11) is 0. The van der Waals surface area contributed by atoms with Gasteiger partial charge in [-0.05, 0) is 30.7 Å². The Hall–Kier alpha value is -2.09. The Morgan fingerprint density at radius 1 is 1.38 bits per heavy atom. The van der Waals surface area contributed by atoms with E-state index in [2.05, 4.69) is 15.2 Å². The number of morpholine rings is 1. The smallest absolute Gasteiger partial charge is 0.244 e. The highest BCUT2D eigenvalue weighted by Crippen LogP contribution is 2.21. The van der Waals surface area contributed by atoms with Gasteiger partial charge in [0.15, 0.2) is 0 Å². The molecule has 3 rings (SSSR count). The minimum atomic E-state index is -0.264. The lowest BCUT2D eigenvalue weighted by Crippen LogP contribution is -2.43. The van der Waals surface area contributed by atoms with E-state index in [9.17, 15) is 9.18 Å². The minimum Gasteiger partial charge on any atom is -0.379 e. The van der Waals surface area contributed by atoms with Crippen LogP contribution in [0.25, 0.3) is 6.08 Å². The normalized spacial score (nSPS) is 16.7. The standard InChI is InChI=1S/C19H22FN3O2S/c1-14-22-17(13-26-14)6-7-19(24)21-12-18(23-8-10-25-11-9-23)15-2-4-16(20)5-3-15/h2-7,13,18H,8-12H2,1H3,(H,21,24)/b7-6+. The molecule has 1 saturated heterocycles. The average Bonchev–Trinajstić information content (AvgIpc) is 3.08. The van der Waals surface area contributed by atoms with E-state index < -0.39 is 0 Å². The Morgan fingerprint density at radius 2 is 2.12 bits per heavy atom. The van der Waals surface area contributed by atoms with E-state index in [0.717, 1.165) is 29.4 Å². The van der Waals surface area contributed by atoms with Gasteiger partial charge in [0.25, 0.3) is 0 Å². The Morgan fingerprint density at radius 3 is 2.77 bits per heavy atom. The van der Waals surface area contributed by atoms with Crippen LogP contribution in [-0.4, -0.2) is 48.6 Å². The van der Waals surface area contributed by atoms with Gasteiger partial charge in [-0.1, -0.05) is 12.1 Å². The molecule has 0 saturated carbocycles. The predicted octanol–water partition coefficient (Wildman–Crippen LogP) is 2.79. The van der Waals surface area contributed by atoms with Crippen molar-refractivity contribution in [2.24, 2.45) is 0 Å². The van der Waals surface area contributed by atoms with Gasteiger partial charge in [-0.3, -0.25) is 9.69 Å². The average molecular weight is 375 g/mol. The zero-order valence-electron chi connectivity index (χ0n) is 14.7. The number of aryl methyl sites for hydroxylation is 1. The summed E-state index contributed by atoms with van der Waals surface area (Å²) in [5.41, 5.74) is 1.76. The molecule has 1 atom stereocenters. The third kappa shape index (κ3) is 5.20. The van der Waals surface area contributed by atoms with Crippen LogP contribution >= 0.6 is 11.3 Å². The van der Waals surface area contributed by atoms with Gasteiger partial charge in [0, 0.05) is 31.1 Å². The fourth-order valence-electron chi connectivity index (χ4n) is 2.91. The molecule has 7 heteroatoms. The van der Waals surface area contributed by atoms with Crippen molar-refractivity contribution in [2.45, 2.75) is 13.0 Å². The zero-order chi connectivity index (χ0) is 18.4. The maximum Gasteiger partial charge on any atom is 0.244 e. The molecule has 1 aromatic heterocycles. The van der Waals surface area contributed by atoms with Crippen molar-refractivity contribution in [3.63, 3.8) is 0 Å². The van der Waals surface area contributed by atoms with Crippen molar-refractivity contribution in [1.29, 1.82) is 0 Å². The van der Waals surface area contributed by atoms with Crippen LogP contribution in [-0.2, 0) is 9.53 Å². The first-order valence-electron chi connectivity index (χ1n) is 8.57. The fourth-order valence-corrected chi connectivity index (χ4v) is 3.49. The van der Waals surface area contributed by atoms with E-state index in [0.29, 0.717) is 19.8 Å². The number of benzene rings is 1. The first kappa shape index (κ1) is 18.7. The maximum absolute atomic E-state index is 13.3. The fraction of sp³-hybridized carbons (Fsp3) is 0.368. The second-order valence-corrected chi connectivity index (χ2v) is 7.15. The van der Waals surface area contributed by atoms with Crippen molar-refractivity contribution >= 4 is 23.3 Å². The summed E-state index contributed by atoms with van der Waals surface area (Å²) in [4.78, 5) is 18.7. The molecule has 2 heterocycles. The number of rotatable bonds is 6. The molecule has 26 heavy (non-hydrogen) atoms. The van der Waals surface area contributed by atoms with Gasteiger partial charge in [-0.25, -0.2) is 9.37 Å². The quantitative estimate of drug-likeness (QED) is 0.789. The molecular formula is C19H22FN3O2S. The summed E-state index contributed by atoms with van der Waals surface area (Å²) in [6, 6.07) is 6.44. The summed E-state index contributed by atoms with van der Waals surface area (Å²) >= 11 is 1.55. The molecule has 1 unspecified atom stereocenters. The topological polar surface area (TPSA) is 54.5 Å². The lowest BCUT2D eigenvalue weighted by Gasteiger charge is -2.34. The number of carbonyl (C=O) groups excluding carboxylic acids is 1. The van der Waals surface area contributed by atoms with E-state index in [1.807, 2.05) is 12.3 Å². The summed E-state index contributed by atoms with van der Waals surface area (Å²) < 4.78 is 18.7. The molecule has 1 fully saturated rings. The lowest BCUT2D eigenvalue weighted by molar-refractivity contribution is -0.116. The van der Waals surface area contributed by atoms with Crippen molar-refractivity contribution in [2.75, 3.05) is 32.8 Å². The Kier molecular flexibility index (Phi) is 6.49. The van der Waals surface area contributed by atoms with Crippen LogP contribution < -0.4 is 5.32 Å². The molecule has 0 aliphatic carbocycles. The first-order chi connectivity index (χ1) is 12.6. The van der Waals surface area contributed by atoms with Crippen LogP contribution in [0.3, 0.4) is 0 Å². The van der Waals surface area contributed by atoms with Crippen LogP contribution in [0, 0.1) is 12.7 Å². The van der Waals surface area contributed by atoms with Crippen molar-refractivity contribution in [3.8, 4) is 0 Å². The largest absolute Gasteiger partial charge is 0.379 e. The monoisotopic (exact) mass is 375 g/mol. The minimum absolute atomic E-state index is 0.0154. The van der Waals surface area contributed by atoms with Crippen LogP contribution in [0.4, 0.5) is 4.39 Å². The number of amides is 1. The molecule has 1 aliphatic rings. The highest BCUT2D eigenvalue weighted by molar-refractivity contribution is 7.09. The zero-order valence-corrected chi connectivity index (χ0v) is 15.5. The van der Waals surface area contributed by atoms with Crippen LogP contribution in [0.2, 0.25) is 0 Å². The highest BCUT2D eigenvalue weighted by Gasteiger charge is 2.23. The molecule has 0 bridgehead atoms. The van der Waals surface area contributed by atoms with Gasteiger partial charge >= 0.3 is 0 Å². The highest BCUT2D eigenvalue weighted by atomic mass is 32.1. The molecule has 0 spiro atoms. The molecular weight excluding hydrogens is 353 g/mol. The number of hydrogen-bond acceptors (Lipinski definition) is 5. The second kappa shape index (κ2) is 9.02. The van der Waals surface area contributed by atoms with E-state index in [1.165, 1.54) is 18.2 Å². The second-order valence-electron chi connectivity index (χ2n) is 6.09. The number of ether oxygens (including phenoxy) is 1. The Balaban J connectivity index is 1.64. The van der Waals surface area contributed by atoms with Gasteiger partial charge in [0.2, 0.25) is 5.91 Å². The van der Waals surface area contributed by atoms with Crippen LogP contribution in [0.1, 0.15) is 22.3 Å². The predicted molar refractivity (Wildman–Crippen MR) is 100 cm³/mol. The molecule has 2 aromatic rings. The lowest BCUT2D eigenvalue weighted by atomic mass is 10.0. The number of halogens is 1. The Labute approximate surface area is 156 Å². The SMILES string of the molecule is Cc1nc(/C=C/C(=O)NCC(c2ccc(F)cc2)N2CCOCC2)cs1. The molecule has 0 radical (unpaired) electrons. The van der Waals surface area contributed by atoms with E-state index in [1.54, 1.807) is 29.5 Å². The van der Waals surface area contributed by atoms with Gasteiger partial charge < -0.3 is 10.1 Å². The van der Waals surface area contributed by atoms with Crippen molar-refractivity contribution in [1.82, 2.24) is 15.2 Å². The summed E-state index contributed by atoms with van der Waals surface area (Å²) in [6.45, 7) is 5.27. The molecule has 1 aromatic carbocycles. The number of nitrogens with one attached hydrogen (secondary N) is 1. The molecule has 1 amide bonds. The van der Waals surface area contributed by atoms with Gasteiger partial charge in [0.1, 0.15) is 5.82 Å². The molecule has 1 N–H and O–H groups in total. The number of nitrogens with zero attached hydrogens (tertiary/aromatic N) is 2. The van der Waals surface area contributed by atoms with E-state index in [-0.39, 0.29) is 17.8 Å². The summed E-state index contributed by atoms with van der Waals surface area (Å²) in [5, 5.41) is 5.82. The molecule has 138 valence electrons.